The number of rotatable bonds is 5. The fourth-order valence-electron chi connectivity index (χ4n) is 2.18. The normalized spacial score (nSPS) is 14.0. The van der Waals surface area contributed by atoms with E-state index in [1.54, 1.807) is 0 Å². The van der Waals surface area contributed by atoms with Crippen molar-refractivity contribution < 1.29 is 18.3 Å². The maximum Gasteiger partial charge on any atom is 0.243 e. The Morgan fingerprint density at radius 1 is 1.27 bits per heavy atom. The second-order valence-corrected chi connectivity index (χ2v) is 8.29. The standard InChI is InChI=1S/C15H24N2O4S/c1-11(19)16-12-6-8-13(9-7-12)22(20,21)17(5)14(10-18)15(2,3)4/h6-9,14,18H,10H2,1-5H3,(H,16,19)/t14-/m0/s1. The SMILES string of the molecule is CC(=O)Nc1ccc(S(=O)(=O)N(C)[C@@H](CO)C(C)(C)C)cc1. The first-order valence-corrected chi connectivity index (χ1v) is 8.40. The van der Waals surface area contributed by atoms with Gasteiger partial charge in [0.05, 0.1) is 17.5 Å². The van der Waals surface area contributed by atoms with Crippen molar-refractivity contribution >= 4 is 21.6 Å². The van der Waals surface area contributed by atoms with Gasteiger partial charge in [-0.05, 0) is 29.7 Å². The highest BCUT2D eigenvalue weighted by Crippen LogP contribution is 2.28. The molecule has 1 aromatic rings. The minimum Gasteiger partial charge on any atom is -0.395 e. The number of carbonyl (C=O) groups excluding carboxylic acids is 1. The molecule has 22 heavy (non-hydrogen) atoms. The van der Waals surface area contributed by atoms with Gasteiger partial charge in [-0.1, -0.05) is 20.8 Å². The van der Waals surface area contributed by atoms with Crippen LogP contribution in [-0.4, -0.2) is 43.4 Å². The minimum absolute atomic E-state index is 0.117. The summed E-state index contributed by atoms with van der Waals surface area (Å²) >= 11 is 0. The monoisotopic (exact) mass is 328 g/mol. The number of aliphatic hydroxyl groups excluding tert-OH is 1. The molecule has 0 aliphatic carbocycles. The molecule has 2 N–H and O–H groups in total. The van der Waals surface area contributed by atoms with Gasteiger partial charge in [-0.2, -0.15) is 4.31 Å². The zero-order chi connectivity index (χ0) is 17.1. The first-order chi connectivity index (χ1) is 10.00. The predicted molar refractivity (Wildman–Crippen MR) is 86.0 cm³/mol. The van der Waals surface area contributed by atoms with Crippen LogP contribution in [0.1, 0.15) is 27.7 Å². The molecule has 6 nitrogen and oxygen atoms in total. The van der Waals surface area contributed by atoms with Crippen molar-refractivity contribution in [1.29, 1.82) is 0 Å². The number of hydrogen-bond acceptors (Lipinski definition) is 4. The van der Waals surface area contributed by atoms with E-state index in [4.69, 9.17) is 0 Å². The lowest BCUT2D eigenvalue weighted by Gasteiger charge is -2.35. The lowest BCUT2D eigenvalue weighted by atomic mass is 9.87. The van der Waals surface area contributed by atoms with E-state index in [-0.39, 0.29) is 17.4 Å². The van der Waals surface area contributed by atoms with Gasteiger partial charge in [0.2, 0.25) is 15.9 Å². The molecule has 0 aliphatic rings. The van der Waals surface area contributed by atoms with Crippen LogP contribution < -0.4 is 5.32 Å². The largest absolute Gasteiger partial charge is 0.395 e. The third-order valence-electron chi connectivity index (χ3n) is 3.46. The van der Waals surface area contributed by atoms with Crippen LogP contribution in [-0.2, 0) is 14.8 Å². The molecule has 0 saturated heterocycles. The van der Waals surface area contributed by atoms with Crippen LogP contribution in [0.15, 0.2) is 29.2 Å². The Bertz CT molecular complexity index is 618. The van der Waals surface area contributed by atoms with Gasteiger partial charge in [-0.15, -0.1) is 0 Å². The predicted octanol–water partition coefficient (Wildman–Crippen LogP) is 1.67. The number of likely N-dealkylation sites (N-methyl/N-ethyl adjacent to an activating group) is 1. The lowest BCUT2D eigenvalue weighted by Crippen LogP contribution is -2.47. The maximum absolute atomic E-state index is 12.6. The highest BCUT2D eigenvalue weighted by molar-refractivity contribution is 7.89. The number of sulfonamides is 1. The molecule has 0 spiro atoms. The molecule has 0 unspecified atom stereocenters. The van der Waals surface area contributed by atoms with Crippen molar-refractivity contribution in [2.45, 2.75) is 38.6 Å². The van der Waals surface area contributed by atoms with Crippen molar-refractivity contribution in [1.82, 2.24) is 4.31 Å². The molecule has 124 valence electrons. The van der Waals surface area contributed by atoms with E-state index in [9.17, 15) is 18.3 Å². The van der Waals surface area contributed by atoms with Crippen LogP contribution in [0.25, 0.3) is 0 Å². The van der Waals surface area contributed by atoms with Crippen LogP contribution >= 0.6 is 0 Å². The van der Waals surface area contributed by atoms with E-state index in [0.29, 0.717) is 5.69 Å². The first kappa shape index (κ1) is 18.6. The smallest absolute Gasteiger partial charge is 0.243 e. The number of amides is 1. The summed E-state index contributed by atoms with van der Waals surface area (Å²) in [5.74, 6) is -0.221. The van der Waals surface area contributed by atoms with Crippen molar-refractivity contribution in [3.8, 4) is 0 Å². The van der Waals surface area contributed by atoms with E-state index in [2.05, 4.69) is 5.32 Å². The highest BCUT2D eigenvalue weighted by atomic mass is 32.2. The second-order valence-electron chi connectivity index (χ2n) is 6.29. The molecule has 0 saturated carbocycles. The molecule has 0 radical (unpaired) electrons. The Hall–Kier alpha value is -1.44. The quantitative estimate of drug-likeness (QED) is 0.861. The first-order valence-electron chi connectivity index (χ1n) is 6.96. The van der Waals surface area contributed by atoms with Crippen LogP contribution in [0, 0.1) is 5.41 Å². The zero-order valence-electron chi connectivity index (χ0n) is 13.6. The molecule has 0 aromatic heterocycles. The molecule has 0 bridgehead atoms. The summed E-state index contributed by atoms with van der Waals surface area (Å²) in [4.78, 5) is 11.1. The zero-order valence-corrected chi connectivity index (χ0v) is 14.4. The average Bonchev–Trinajstić information content (AvgIpc) is 2.37. The van der Waals surface area contributed by atoms with Gasteiger partial charge in [0.15, 0.2) is 0 Å². The van der Waals surface area contributed by atoms with E-state index < -0.39 is 21.5 Å². The minimum atomic E-state index is -3.72. The Morgan fingerprint density at radius 2 is 1.77 bits per heavy atom. The van der Waals surface area contributed by atoms with Gasteiger partial charge in [-0.3, -0.25) is 4.79 Å². The number of nitrogens with one attached hydrogen (secondary N) is 1. The highest BCUT2D eigenvalue weighted by Gasteiger charge is 2.35. The van der Waals surface area contributed by atoms with E-state index in [0.717, 1.165) is 0 Å². The number of anilines is 1. The fourth-order valence-corrected chi connectivity index (χ4v) is 3.71. The summed E-state index contributed by atoms with van der Waals surface area (Å²) < 4.78 is 26.5. The van der Waals surface area contributed by atoms with Crippen molar-refractivity contribution in [2.24, 2.45) is 5.41 Å². The molecule has 1 rings (SSSR count). The third-order valence-corrected chi connectivity index (χ3v) is 5.34. The van der Waals surface area contributed by atoms with Crippen LogP contribution in [0.3, 0.4) is 0 Å². The Morgan fingerprint density at radius 3 is 2.14 bits per heavy atom. The molecule has 0 fully saturated rings. The van der Waals surface area contributed by atoms with Crippen molar-refractivity contribution in [3.63, 3.8) is 0 Å². The molecule has 1 atom stereocenters. The topological polar surface area (TPSA) is 86.7 Å². The summed E-state index contributed by atoms with van der Waals surface area (Å²) in [6.45, 7) is 6.75. The molecule has 0 heterocycles. The number of carbonyl (C=O) groups is 1. The molecule has 1 aromatic carbocycles. The van der Waals surface area contributed by atoms with Crippen molar-refractivity contribution in [2.75, 3.05) is 19.0 Å². The third kappa shape index (κ3) is 4.28. The van der Waals surface area contributed by atoms with Crippen LogP contribution in [0.5, 0.6) is 0 Å². The van der Waals surface area contributed by atoms with Crippen molar-refractivity contribution in [3.05, 3.63) is 24.3 Å². The second kappa shape index (κ2) is 6.76. The van der Waals surface area contributed by atoms with Gasteiger partial charge in [0.25, 0.3) is 0 Å². The molecule has 0 aliphatic heterocycles. The summed E-state index contributed by atoms with van der Waals surface area (Å²) in [5.41, 5.74) is 0.135. The van der Waals surface area contributed by atoms with Gasteiger partial charge < -0.3 is 10.4 Å². The summed E-state index contributed by atoms with van der Waals surface area (Å²) in [6, 6.07) is 5.41. The van der Waals surface area contributed by atoms with Gasteiger partial charge in [0.1, 0.15) is 0 Å². The number of benzene rings is 1. The average molecular weight is 328 g/mol. The Balaban J connectivity index is 3.10. The van der Waals surface area contributed by atoms with Gasteiger partial charge in [-0.25, -0.2) is 8.42 Å². The summed E-state index contributed by atoms with van der Waals surface area (Å²) in [5, 5.41) is 12.1. The Labute approximate surface area is 132 Å². The number of nitrogens with zero attached hydrogens (tertiary/aromatic N) is 1. The fraction of sp³-hybridized carbons (Fsp3) is 0.533. The van der Waals surface area contributed by atoms with E-state index in [1.165, 1.54) is 42.5 Å². The van der Waals surface area contributed by atoms with Crippen LogP contribution in [0.4, 0.5) is 5.69 Å². The van der Waals surface area contributed by atoms with Gasteiger partial charge >= 0.3 is 0 Å². The lowest BCUT2D eigenvalue weighted by molar-refractivity contribution is -0.114. The summed E-state index contributed by atoms with van der Waals surface area (Å²) in [6.07, 6.45) is 0. The molecule has 7 heteroatoms. The summed E-state index contributed by atoms with van der Waals surface area (Å²) in [7, 11) is -2.26. The number of hydrogen-bond donors (Lipinski definition) is 2. The van der Waals surface area contributed by atoms with Crippen LogP contribution in [0.2, 0.25) is 0 Å². The Kier molecular flexibility index (Phi) is 5.72. The molecule has 1 amide bonds. The maximum atomic E-state index is 12.6. The molecular formula is C15H24N2O4S. The number of aliphatic hydroxyl groups is 1. The van der Waals surface area contributed by atoms with E-state index in [1.807, 2.05) is 20.8 Å². The van der Waals surface area contributed by atoms with E-state index >= 15 is 0 Å². The van der Waals surface area contributed by atoms with Gasteiger partial charge in [0, 0.05) is 19.7 Å². The molecular weight excluding hydrogens is 304 g/mol.